The van der Waals surface area contributed by atoms with E-state index >= 15 is 0 Å². The van der Waals surface area contributed by atoms with E-state index < -0.39 is 16.6 Å². The lowest BCUT2D eigenvalue weighted by Crippen LogP contribution is -2.46. The summed E-state index contributed by atoms with van der Waals surface area (Å²) in [4.78, 5) is 0. The zero-order valence-corrected chi connectivity index (χ0v) is 22.5. The van der Waals surface area contributed by atoms with Crippen molar-refractivity contribution in [2.75, 3.05) is 6.61 Å². The Hall–Kier alpha value is 0.0538. The highest BCUT2D eigenvalue weighted by Gasteiger charge is 2.41. The van der Waals surface area contributed by atoms with Crippen molar-refractivity contribution in [2.45, 2.75) is 117 Å². The summed E-state index contributed by atoms with van der Waals surface area (Å²) in [6.07, 6.45) is 3.31. The minimum Gasteiger partial charge on any atom is -0.414 e. The van der Waals surface area contributed by atoms with Gasteiger partial charge in [0.25, 0.3) is 0 Å². The zero-order valence-electron chi connectivity index (χ0n) is 20.5. The van der Waals surface area contributed by atoms with Gasteiger partial charge in [-0.3, -0.25) is 0 Å². The van der Waals surface area contributed by atoms with E-state index in [1.807, 2.05) is 6.92 Å². The van der Waals surface area contributed by atoms with Crippen LogP contribution in [0.3, 0.4) is 0 Å². The van der Waals surface area contributed by atoms with Crippen LogP contribution in [0.2, 0.25) is 36.3 Å². The van der Waals surface area contributed by atoms with Crippen molar-refractivity contribution >= 4 is 16.6 Å². The van der Waals surface area contributed by atoms with Gasteiger partial charge in [0.15, 0.2) is 16.6 Å². The van der Waals surface area contributed by atoms with E-state index in [-0.39, 0.29) is 28.9 Å². The van der Waals surface area contributed by atoms with Gasteiger partial charge in [0.05, 0.1) is 12.7 Å². The second-order valence-corrected chi connectivity index (χ2v) is 20.9. The molecule has 5 heteroatoms. The SMILES string of the molecule is C/C(=C\[C@H](O[Si](C)(C)C(C)(C)C)[C@@H](C)C[C@H](C)O[Si](C)(C)C(C)(C)C)CO. The minimum absolute atomic E-state index is 0.0171. The molecule has 0 unspecified atom stereocenters. The number of hydrogen-bond acceptors (Lipinski definition) is 3. The molecule has 0 heterocycles. The molecule has 0 saturated heterocycles. The van der Waals surface area contributed by atoms with E-state index in [4.69, 9.17) is 8.85 Å². The van der Waals surface area contributed by atoms with E-state index in [1.165, 1.54) is 0 Å². The fourth-order valence-corrected chi connectivity index (χ4v) is 5.34. The molecule has 3 nitrogen and oxygen atoms in total. The summed E-state index contributed by atoms with van der Waals surface area (Å²) in [7, 11) is -3.67. The fourth-order valence-electron chi connectivity index (χ4n) is 2.55. The molecule has 0 rings (SSSR count). The lowest BCUT2D eigenvalue weighted by Gasteiger charge is -2.42. The van der Waals surface area contributed by atoms with Crippen LogP contribution in [0.4, 0.5) is 0 Å². The van der Waals surface area contributed by atoms with Gasteiger partial charge in [0.1, 0.15) is 0 Å². The first-order valence-electron chi connectivity index (χ1n) is 10.5. The highest BCUT2D eigenvalue weighted by Crippen LogP contribution is 2.40. The maximum absolute atomic E-state index is 9.52. The van der Waals surface area contributed by atoms with Gasteiger partial charge in [0, 0.05) is 6.10 Å². The van der Waals surface area contributed by atoms with Gasteiger partial charge in [-0.15, -0.1) is 0 Å². The van der Waals surface area contributed by atoms with E-state index in [2.05, 4.69) is 87.7 Å². The summed E-state index contributed by atoms with van der Waals surface area (Å²) in [5.41, 5.74) is 0.975. The molecular weight excluding hydrogens is 368 g/mol. The van der Waals surface area contributed by atoms with Crippen LogP contribution in [-0.2, 0) is 8.85 Å². The minimum atomic E-state index is -1.90. The van der Waals surface area contributed by atoms with E-state index in [0.717, 1.165) is 12.0 Å². The molecule has 0 aliphatic rings. The zero-order chi connectivity index (χ0) is 21.8. The quantitative estimate of drug-likeness (QED) is 0.333. The van der Waals surface area contributed by atoms with Gasteiger partial charge in [-0.25, -0.2) is 0 Å². The molecule has 1 N–H and O–H groups in total. The second kappa shape index (κ2) is 9.70. The Morgan fingerprint density at radius 1 is 0.889 bits per heavy atom. The molecule has 27 heavy (non-hydrogen) atoms. The molecule has 0 radical (unpaired) electrons. The molecule has 0 amide bonds. The van der Waals surface area contributed by atoms with E-state index in [1.54, 1.807) is 0 Å². The summed E-state index contributed by atoms with van der Waals surface area (Å²) in [6.45, 7) is 29.4. The largest absolute Gasteiger partial charge is 0.414 e. The molecule has 0 aromatic carbocycles. The van der Waals surface area contributed by atoms with Crippen LogP contribution in [0.25, 0.3) is 0 Å². The van der Waals surface area contributed by atoms with Crippen LogP contribution in [-0.4, -0.2) is 40.6 Å². The van der Waals surface area contributed by atoms with Crippen LogP contribution >= 0.6 is 0 Å². The monoisotopic (exact) mass is 416 g/mol. The summed E-state index contributed by atoms with van der Waals surface area (Å²) in [5, 5.41) is 9.90. The first kappa shape index (κ1) is 27.1. The van der Waals surface area contributed by atoms with Gasteiger partial charge in [-0.1, -0.05) is 54.5 Å². The molecule has 3 atom stereocenters. The fraction of sp³-hybridized carbons (Fsp3) is 0.909. The normalized spacial score (nSPS) is 18.4. The van der Waals surface area contributed by atoms with Crippen LogP contribution in [0.5, 0.6) is 0 Å². The van der Waals surface area contributed by atoms with Gasteiger partial charge in [-0.2, -0.15) is 0 Å². The number of hydrogen-bond donors (Lipinski definition) is 1. The highest BCUT2D eigenvalue weighted by molar-refractivity contribution is 6.74. The lowest BCUT2D eigenvalue weighted by atomic mass is 9.96. The number of rotatable bonds is 9. The van der Waals surface area contributed by atoms with Crippen LogP contribution in [0.1, 0.15) is 68.7 Å². The number of aliphatic hydroxyl groups excluding tert-OH is 1. The van der Waals surface area contributed by atoms with Crippen LogP contribution in [0.15, 0.2) is 11.6 Å². The molecule has 0 aliphatic heterocycles. The summed E-state index contributed by atoms with van der Waals surface area (Å²) >= 11 is 0. The van der Waals surface area contributed by atoms with Gasteiger partial charge in [-0.05, 0) is 68.0 Å². The lowest BCUT2D eigenvalue weighted by molar-refractivity contribution is 0.112. The summed E-state index contributed by atoms with van der Waals surface area (Å²) in [6, 6.07) is 0. The van der Waals surface area contributed by atoms with Crippen molar-refractivity contribution in [3.63, 3.8) is 0 Å². The van der Waals surface area contributed by atoms with Gasteiger partial charge >= 0.3 is 0 Å². The number of aliphatic hydroxyl groups is 1. The topological polar surface area (TPSA) is 38.7 Å². The van der Waals surface area contributed by atoms with Crippen molar-refractivity contribution in [3.05, 3.63) is 11.6 Å². The summed E-state index contributed by atoms with van der Waals surface area (Å²) in [5.74, 6) is 0.334. The third-order valence-electron chi connectivity index (χ3n) is 6.50. The first-order chi connectivity index (χ1) is 11.8. The van der Waals surface area contributed by atoms with Crippen molar-refractivity contribution in [1.82, 2.24) is 0 Å². The molecule has 0 bridgehead atoms. The third kappa shape index (κ3) is 8.52. The highest BCUT2D eigenvalue weighted by atomic mass is 28.4. The van der Waals surface area contributed by atoms with E-state index in [0.29, 0.717) is 5.92 Å². The molecule has 0 aromatic heterocycles. The third-order valence-corrected chi connectivity index (χ3v) is 15.6. The van der Waals surface area contributed by atoms with Crippen LogP contribution < -0.4 is 0 Å². The standard InChI is InChI=1S/C22H48O3Si2/c1-17(16-23)14-20(25-27(12,13)22(7,8)9)18(2)15-19(3)24-26(10,11)21(4,5)6/h14,18-20,23H,15-16H2,1-13H3/b17-14+/t18-,19-,20-/m0/s1. The Balaban J connectivity index is 5.35. The Labute approximate surface area is 172 Å². The molecule has 0 saturated carbocycles. The average molecular weight is 417 g/mol. The maximum Gasteiger partial charge on any atom is 0.192 e. The molecule has 0 fully saturated rings. The molecule has 162 valence electrons. The maximum atomic E-state index is 9.52. The van der Waals surface area contributed by atoms with Crippen LogP contribution in [0, 0.1) is 5.92 Å². The Morgan fingerprint density at radius 2 is 1.30 bits per heavy atom. The first-order valence-corrected chi connectivity index (χ1v) is 16.3. The van der Waals surface area contributed by atoms with Crippen molar-refractivity contribution in [1.29, 1.82) is 0 Å². The van der Waals surface area contributed by atoms with Gasteiger partial charge < -0.3 is 14.0 Å². The van der Waals surface area contributed by atoms with Crippen molar-refractivity contribution in [3.8, 4) is 0 Å². The molecule has 0 spiro atoms. The van der Waals surface area contributed by atoms with Gasteiger partial charge in [0.2, 0.25) is 0 Å². The Kier molecular flexibility index (Phi) is 9.72. The smallest absolute Gasteiger partial charge is 0.192 e. The van der Waals surface area contributed by atoms with Crippen molar-refractivity contribution in [2.24, 2.45) is 5.92 Å². The van der Waals surface area contributed by atoms with E-state index in [9.17, 15) is 5.11 Å². The molecule has 0 aliphatic carbocycles. The molecule has 0 aromatic rings. The Morgan fingerprint density at radius 3 is 1.67 bits per heavy atom. The Bertz CT molecular complexity index is 485. The predicted molar refractivity (Wildman–Crippen MR) is 124 cm³/mol. The predicted octanol–water partition coefficient (Wildman–Crippen LogP) is 6.75. The molecular formula is C22H48O3Si2. The summed E-state index contributed by atoms with van der Waals surface area (Å²) < 4.78 is 13.3. The van der Waals surface area contributed by atoms with Crippen molar-refractivity contribution < 1.29 is 14.0 Å². The second-order valence-electron chi connectivity index (χ2n) is 11.4. The average Bonchev–Trinajstić information content (AvgIpc) is 2.42.